The van der Waals surface area contributed by atoms with Crippen molar-refractivity contribution in [1.82, 2.24) is 5.32 Å². The van der Waals surface area contributed by atoms with E-state index in [0.717, 1.165) is 13.0 Å². The first-order chi connectivity index (χ1) is 7.23. The minimum Gasteiger partial charge on any atom is -0.313 e. The number of sulfone groups is 1. The van der Waals surface area contributed by atoms with E-state index in [9.17, 15) is 8.42 Å². The summed E-state index contributed by atoms with van der Waals surface area (Å²) in [5, 5.41) is 3.52. The first-order valence-electron chi connectivity index (χ1n) is 6.14. The summed E-state index contributed by atoms with van der Waals surface area (Å²) < 4.78 is 22.5. The van der Waals surface area contributed by atoms with E-state index in [4.69, 9.17) is 0 Å². The van der Waals surface area contributed by atoms with E-state index in [1.807, 2.05) is 0 Å². The topological polar surface area (TPSA) is 46.2 Å². The van der Waals surface area contributed by atoms with Crippen molar-refractivity contribution in [3.8, 4) is 0 Å². The largest absolute Gasteiger partial charge is 0.313 e. The normalized spacial score (nSPS) is 21.1. The Morgan fingerprint density at radius 3 is 2.31 bits per heavy atom. The number of nitrogens with one attached hydrogen (secondary N) is 1. The third-order valence-electron chi connectivity index (χ3n) is 3.81. The quantitative estimate of drug-likeness (QED) is 0.746. The molecular weight excluding hydrogens is 222 g/mol. The molecule has 3 nitrogen and oxygen atoms in total. The second kappa shape index (κ2) is 5.05. The van der Waals surface area contributed by atoms with Crippen molar-refractivity contribution in [1.29, 1.82) is 0 Å². The van der Waals surface area contributed by atoms with Crippen molar-refractivity contribution in [2.24, 2.45) is 11.3 Å². The second-order valence-corrected chi connectivity index (χ2v) is 8.10. The van der Waals surface area contributed by atoms with Gasteiger partial charge >= 0.3 is 0 Å². The molecule has 0 amide bonds. The van der Waals surface area contributed by atoms with Crippen LogP contribution in [-0.2, 0) is 9.84 Å². The lowest BCUT2D eigenvalue weighted by Crippen LogP contribution is -2.38. The first kappa shape index (κ1) is 14.0. The van der Waals surface area contributed by atoms with Crippen LogP contribution < -0.4 is 5.32 Å². The van der Waals surface area contributed by atoms with Crippen LogP contribution in [-0.4, -0.2) is 33.0 Å². The Morgan fingerprint density at radius 2 is 1.94 bits per heavy atom. The van der Waals surface area contributed by atoms with Crippen LogP contribution in [0.15, 0.2) is 0 Å². The molecule has 1 atom stereocenters. The molecule has 1 aliphatic rings. The van der Waals surface area contributed by atoms with Gasteiger partial charge in [0.25, 0.3) is 0 Å². The third-order valence-corrected chi connectivity index (χ3v) is 4.76. The van der Waals surface area contributed by atoms with Gasteiger partial charge in [0, 0.05) is 18.8 Å². The Morgan fingerprint density at radius 1 is 1.38 bits per heavy atom. The predicted molar refractivity (Wildman–Crippen MR) is 68.3 cm³/mol. The Bertz CT molecular complexity index is 320. The SMILES string of the molecule is CC(C)C(C)(CCS(C)(=O)=O)CNC1CC1. The van der Waals surface area contributed by atoms with Crippen LogP contribution in [0, 0.1) is 11.3 Å². The molecule has 1 N–H and O–H groups in total. The molecule has 16 heavy (non-hydrogen) atoms. The zero-order valence-corrected chi connectivity index (χ0v) is 11.7. The van der Waals surface area contributed by atoms with Gasteiger partial charge in [-0.1, -0.05) is 20.8 Å². The summed E-state index contributed by atoms with van der Waals surface area (Å²) in [6.07, 6.45) is 4.63. The van der Waals surface area contributed by atoms with Crippen LogP contribution in [0.3, 0.4) is 0 Å². The minimum absolute atomic E-state index is 0.0890. The molecule has 0 spiro atoms. The van der Waals surface area contributed by atoms with Crippen LogP contribution >= 0.6 is 0 Å². The van der Waals surface area contributed by atoms with Crippen LogP contribution in [0.2, 0.25) is 0 Å². The highest BCUT2D eigenvalue weighted by Gasteiger charge is 2.31. The summed E-state index contributed by atoms with van der Waals surface area (Å²) in [4.78, 5) is 0. The summed E-state index contributed by atoms with van der Waals surface area (Å²) in [5.41, 5.74) is 0.0890. The molecule has 0 aromatic heterocycles. The molecule has 96 valence electrons. The van der Waals surface area contributed by atoms with Crippen LogP contribution in [0.25, 0.3) is 0 Å². The van der Waals surface area contributed by atoms with Crippen LogP contribution in [0.1, 0.15) is 40.0 Å². The van der Waals surface area contributed by atoms with Crippen LogP contribution in [0.4, 0.5) is 0 Å². The van der Waals surface area contributed by atoms with Gasteiger partial charge in [-0.3, -0.25) is 0 Å². The molecule has 0 aliphatic heterocycles. The van der Waals surface area contributed by atoms with Crippen LogP contribution in [0.5, 0.6) is 0 Å². The first-order valence-corrected chi connectivity index (χ1v) is 8.20. The predicted octanol–water partition coefficient (Wildman–Crippen LogP) is 1.84. The van der Waals surface area contributed by atoms with Crippen molar-refractivity contribution >= 4 is 9.84 Å². The van der Waals surface area contributed by atoms with Crippen molar-refractivity contribution in [3.63, 3.8) is 0 Å². The molecule has 0 heterocycles. The number of hydrogen-bond acceptors (Lipinski definition) is 3. The van der Waals surface area contributed by atoms with Gasteiger partial charge in [0.05, 0.1) is 5.75 Å². The third kappa shape index (κ3) is 4.83. The van der Waals surface area contributed by atoms with E-state index < -0.39 is 9.84 Å². The maximum Gasteiger partial charge on any atom is 0.147 e. The Kier molecular flexibility index (Phi) is 4.41. The van der Waals surface area contributed by atoms with Gasteiger partial charge in [0.1, 0.15) is 9.84 Å². The zero-order valence-electron chi connectivity index (χ0n) is 10.9. The van der Waals surface area contributed by atoms with Gasteiger partial charge in [-0.05, 0) is 30.6 Å². The van der Waals surface area contributed by atoms with Crippen molar-refractivity contribution in [2.75, 3.05) is 18.6 Å². The monoisotopic (exact) mass is 247 g/mol. The van der Waals surface area contributed by atoms with Crippen molar-refractivity contribution < 1.29 is 8.42 Å². The standard InChI is InChI=1S/C12H25NO2S/c1-10(2)12(3,7-8-16(4,14)15)9-13-11-5-6-11/h10-11,13H,5-9H2,1-4H3. The lowest BCUT2D eigenvalue weighted by molar-refractivity contribution is 0.200. The molecule has 4 heteroatoms. The fourth-order valence-corrected chi connectivity index (χ4v) is 2.50. The summed E-state index contributed by atoms with van der Waals surface area (Å²) in [7, 11) is -2.84. The average molecular weight is 247 g/mol. The fraction of sp³-hybridized carbons (Fsp3) is 1.00. The molecule has 1 fully saturated rings. The second-order valence-electron chi connectivity index (χ2n) is 5.84. The molecule has 0 aromatic carbocycles. The van der Waals surface area contributed by atoms with Gasteiger partial charge in [-0.15, -0.1) is 0 Å². The maximum absolute atomic E-state index is 11.2. The van der Waals surface area contributed by atoms with E-state index in [2.05, 4.69) is 26.1 Å². The summed E-state index contributed by atoms with van der Waals surface area (Å²) in [6, 6.07) is 0.691. The molecule has 1 unspecified atom stereocenters. The Hall–Kier alpha value is -0.0900. The molecule has 1 saturated carbocycles. The summed E-state index contributed by atoms with van der Waals surface area (Å²) in [5.74, 6) is 0.800. The maximum atomic E-state index is 11.2. The minimum atomic E-state index is -2.84. The lowest BCUT2D eigenvalue weighted by Gasteiger charge is -2.34. The van der Waals surface area contributed by atoms with E-state index in [1.165, 1.54) is 19.1 Å². The average Bonchev–Trinajstić information content (AvgIpc) is 2.93. The fourth-order valence-electron chi connectivity index (χ4n) is 1.66. The van der Waals surface area contributed by atoms with Gasteiger partial charge in [-0.2, -0.15) is 0 Å². The highest BCUT2D eigenvalue weighted by Crippen LogP contribution is 2.32. The molecule has 1 aliphatic carbocycles. The molecule has 1 rings (SSSR count). The number of hydrogen-bond donors (Lipinski definition) is 1. The van der Waals surface area contributed by atoms with E-state index in [1.54, 1.807) is 0 Å². The molecule has 0 bridgehead atoms. The Labute approximate surface area is 99.9 Å². The lowest BCUT2D eigenvalue weighted by atomic mass is 9.77. The van der Waals surface area contributed by atoms with Gasteiger partial charge in [0.15, 0.2) is 0 Å². The Balaban J connectivity index is 2.48. The van der Waals surface area contributed by atoms with Gasteiger partial charge < -0.3 is 5.32 Å². The number of rotatable bonds is 7. The van der Waals surface area contributed by atoms with E-state index in [-0.39, 0.29) is 5.41 Å². The van der Waals surface area contributed by atoms with Crippen molar-refractivity contribution in [3.05, 3.63) is 0 Å². The molecular formula is C12H25NO2S. The van der Waals surface area contributed by atoms with E-state index >= 15 is 0 Å². The highest BCUT2D eigenvalue weighted by atomic mass is 32.2. The molecule has 0 radical (unpaired) electrons. The summed E-state index contributed by atoms with van der Waals surface area (Å²) in [6.45, 7) is 7.48. The smallest absolute Gasteiger partial charge is 0.147 e. The molecule has 0 saturated heterocycles. The molecule has 0 aromatic rings. The highest BCUT2D eigenvalue weighted by molar-refractivity contribution is 7.90. The van der Waals surface area contributed by atoms with Crippen molar-refractivity contribution in [2.45, 2.75) is 46.1 Å². The van der Waals surface area contributed by atoms with E-state index in [0.29, 0.717) is 17.7 Å². The van der Waals surface area contributed by atoms with Gasteiger partial charge in [0.2, 0.25) is 0 Å². The zero-order chi connectivity index (χ0) is 12.4. The van der Waals surface area contributed by atoms with Gasteiger partial charge in [-0.25, -0.2) is 8.42 Å². The summed E-state index contributed by atoms with van der Waals surface area (Å²) >= 11 is 0.